The molecule has 2 N–H and O–H groups in total. The van der Waals surface area contributed by atoms with E-state index in [2.05, 4.69) is 25.4 Å². The summed E-state index contributed by atoms with van der Waals surface area (Å²) in [6.07, 6.45) is 0.567. The van der Waals surface area contributed by atoms with E-state index < -0.39 is 11.7 Å². The lowest BCUT2D eigenvalue weighted by Gasteiger charge is -2.44. The molecule has 1 saturated heterocycles. The number of thiazole rings is 1. The fraction of sp³-hybridized carbons (Fsp3) is 0.476. The van der Waals surface area contributed by atoms with Crippen molar-refractivity contribution in [2.24, 2.45) is 0 Å². The maximum Gasteiger partial charge on any atom is 0.154 e. The van der Waals surface area contributed by atoms with Crippen LogP contribution in [0.3, 0.4) is 0 Å². The highest BCUT2D eigenvalue weighted by Crippen LogP contribution is 2.38. The van der Waals surface area contributed by atoms with E-state index in [1.165, 1.54) is 0 Å². The monoisotopic (exact) mass is 413 g/mol. The standard InChI is InChI=1S/C21H24FN5OS/c1-11-24-15-10-17(28)13(9-18(15)29-11)14-8-12-5-7-27(20(12)26-25-14)16-4-6-23-21(2,3)19(16)22/h8-10,16,19,23,28H,4-7H2,1-3H3/t16-,19-/m1/s1. The van der Waals surface area contributed by atoms with Gasteiger partial charge in [-0.15, -0.1) is 21.5 Å². The fourth-order valence-electron chi connectivity index (χ4n) is 4.52. The van der Waals surface area contributed by atoms with Crippen molar-refractivity contribution in [2.75, 3.05) is 18.0 Å². The highest BCUT2D eigenvalue weighted by molar-refractivity contribution is 7.18. The average Bonchev–Trinajstić information content (AvgIpc) is 3.25. The van der Waals surface area contributed by atoms with E-state index in [1.54, 1.807) is 17.4 Å². The molecule has 8 heteroatoms. The normalized spacial score (nSPS) is 23.5. The van der Waals surface area contributed by atoms with Crippen LogP contribution in [0.1, 0.15) is 30.8 Å². The van der Waals surface area contributed by atoms with Crippen LogP contribution in [0.25, 0.3) is 21.5 Å². The first kappa shape index (κ1) is 18.7. The van der Waals surface area contributed by atoms with Gasteiger partial charge in [-0.2, -0.15) is 0 Å². The van der Waals surface area contributed by atoms with Crippen LogP contribution < -0.4 is 10.2 Å². The van der Waals surface area contributed by atoms with Gasteiger partial charge in [-0.3, -0.25) is 0 Å². The maximum absolute atomic E-state index is 15.1. The number of fused-ring (bicyclic) bond motifs is 2. The number of halogens is 1. The predicted molar refractivity (Wildman–Crippen MR) is 113 cm³/mol. The molecule has 29 heavy (non-hydrogen) atoms. The van der Waals surface area contributed by atoms with Gasteiger partial charge in [0.25, 0.3) is 0 Å². The lowest BCUT2D eigenvalue weighted by atomic mass is 9.86. The molecule has 5 rings (SSSR count). The Hall–Kier alpha value is -2.32. The Kier molecular flexibility index (Phi) is 4.25. The van der Waals surface area contributed by atoms with Crippen LogP contribution in [-0.4, -0.2) is 51.1 Å². The molecule has 2 atom stereocenters. The van der Waals surface area contributed by atoms with Crippen LogP contribution >= 0.6 is 11.3 Å². The zero-order chi connectivity index (χ0) is 20.3. The summed E-state index contributed by atoms with van der Waals surface area (Å²) in [5.41, 5.74) is 2.59. The lowest BCUT2D eigenvalue weighted by Crippen LogP contribution is -2.62. The summed E-state index contributed by atoms with van der Waals surface area (Å²) >= 11 is 1.59. The van der Waals surface area contributed by atoms with E-state index in [9.17, 15) is 5.11 Å². The minimum atomic E-state index is -0.982. The number of aryl methyl sites for hydroxylation is 1. The average molecular weight is 414 g/mol. The number of aromatic hydroxyl groups is 1. The summed E-state index contributed by atoms with van der Waals surface area (Å²) in [4.78, 5) is 6.50. The minimum Gasteiger partial charge on any atom is -0.507 e. The molecule has 2 aliphatic heterocycles. The number of benzene rings is 1. The third-order valence-corrected chi connectivity index (χ3v) is 7.02. The van der Waals surface area contributed by atoms with Crippen LogP contribution in [0.5, 0.6) is 5.75 Å². The molecule has 1 aromatic carbocycles. The quantitative estimate of drug-likeness (QED) is 0.669. The van der Waals surface area contributed by atoms with Crippen molar-refractivity contribution in [3.05, 3.63) is 28.8 Å². The Morgan fingerprint density at radius 1 is 1.28 bits per heavy atom. The van der Waals surface area contributed by atoms with E-state index in [1.807, 2.05) is 32.9 Å². The number of rotatable bonds is 2. The first-order valence-electron chi connectivity index (χ1n) is 9.96. The van der Waals surface area contributed by atoms with E-state index in [-0.39, 0.29) is 11.8 Å². The summed E-state index contributed by atoms with van der Waals surface area (Å²) in [5, 5.41) is 23.6. The summed E-state index contributed by atoms with van der Waals surface area (Å²) in [7, 11) is 0. The molecule has 2 aliphatic rings. The van der Waals surface area contributed by atoms with E-state index in [4.69, 9.17) is 0 Å². The third kappa shape index (κ3) is 3.05. The fourth-order valence-corrected chi connectivity index (χ4v) is 5.36. The van der Waals surface area contributed by atoms with Crippen molar-refractivity contribution >= 4 is 27.4 Å². The van der Waals surface area contributed by atoms with Gasteiger partial charge in [0.1, 0.15) is 11.9 Å². The highest BCUT2D eigenvalue weighted by atomic mass is 32.1. The van der Waals surface area contributed by atoms with Gasteiger partial charge in [-0.1, -0.05) is 0 Å². The largest absolute Gasteiger partial charge is 0.507 e. The van der Waals surface area contributed by atoms with Gasteiger partial charge in [0, 0.05) is 29.3 Å². The number of hydrogen-bond donors (Lipinski definition) is 2. The van der Waals surface area contributed by atoms with Gasteiger partial charge in [-0.25, -0.2) is 9.37 Å². The minimum absolute atomic E-state index is 0.149. The molecule has 0 spiro atoms. The number of phenolic OH excluding ortho intramolecular Hbond substituents is 1. The van der Waals surface area contributed by atoms with E-state index in [0.29, 0.717) is 11.3 Å². The number of nitrogens with zero attached hydrogens (tertiary/aromatic N) is 4. The topological polar surface area (TPSA) is 74.2 Å². The van der Waals surface area contributed by atoms with Crippen molar-refractivity contribution in [1.29, 1.82) is 0 Å². The van der Waals surface area contributed by atoms with Gasteiger partial charge in [0.05, 0.1) is 27.0 Å². The van der Waals surface area contributed by atoms with Crippen LogP contribution in [0.15, 0.2) is 18.2 Å². The van der Waals surface area contributed by atoms with E-state index >= 15 is 4.39 Å². The molecule has 0 saturated carbocycles. The number of hydrogen-bond acceptors (Lipinski definition) is 7. The van der Waals surface area contributed by atoms with Crippen molar-refractivity contribution in [3.63, 3.8) is 0 Å². The second-order valence-corrected chi connectivity index (χ2v) is 9.73. The number of aromatic nitrogens is 3. The number of piperidine rings is 1. The van der Waals surface area contributed by atoms with Crippen molar-refractivity contribution < 1.29 is 9.50 Å². The number of anilines is 1. The molecule has 1 fully saturated rings. The molecule has 0 radical (unpaired) electrons. The van der Waals surface area contributed by atoms with Crippen LogP contribution in [0, 0.1) is 6.92 Å². The molecule has 0 aliphatic carbocycles. The van der Waals surface area contributed by atoms with Crippen LogP contribution in [0.2, 0.25) is 0 Å². The van der Waals surface area contributed by atoms with Gasteiger partial charge >= 0.3 is 0 Å². The molecule has 6 nitrogen and oxygen atoms in total. The van der Waals surface area contributed by atoms with Gasteiger partial charge in [-0.05, 0) is 52.3 Å². The number of nitrogens with one attached hydrogen (secondary N) is 1. The molecule has 0 unspecified atom stereocenters. The maximum atomic E-state index is 15.1. The Morgan fingerprint density at radius 2 is 2.10 bits per heavy atom. The molecule has 4 heterocycles. The first-order chi connectivity index (χ1) is 13.8. The molecule has 152 valence electrons. The zero-order valence-electron chi connectivity index (χ0n) is 16.7. The van der Waals surface area contributed by atoms with Gasteiger partial charge in [0.2, 0.25) is 0 Å². The van der Waals surface area contributed by atoms with Crippen LogP contribution in [0.4, 0.5) is 10.2 Å². The molecular weight excluding hydrogens is 389 g/mol. The lowest BCUT2D eigenvalue weighted by molar-refractivity contribution is 0.111. The molecule has 2 aromatic heterocycles. The second kappa shape index (κ2) is 6.60. The predicted octanol–water partition coefficient (Wildman–Crippen LogP) is 3.61. The number of alkyl halides is 1. The number of phenols is 1. The van der Waals surface area contributed by atoms with Crippen LogP contribution in [-0.2, 0) is 6.42 Å². The van der Waals surface area contributed by atoms with Gasteiger partial charge in [0.15, 0.2) is 5.82 Å². The Bertz CT molecular complexity index is 1100. The first-order valence-corrected chi connectivity index (χ1v) is 10.8. The smallest absolute Gasteiger partial charge is 0.154 e. The van der Waals surface area contributed by atoms with Crippen molar-refractivity contribution in [2.45, 2.75) is 51.4 Å². The zero-order valence-corrected chi connectivity index (χ0v) is 17.6. The molecule has 0 amide bonds. The highest BCUT2D eigenvalue weighted by Gasteiger charge is 2.44. The van der Waals surface area contributed by atoms with E-state index in [0.717, 1.165) is 52.5 Å². The third-order valence-electron chi connectivity index (χ3n) is 6.08. The molecule has 3 aromatic rings. The van der Waals surface area contributed by atoms with Crippen molar-refractivity contribution in [1.82, 2.24) is 20.5 Å². The summed E-state index contributed by atoms with van der Waals surface area (Å²) in [5.74, 6) is 0.920. The Balaban J connectivity index is 1.49. The van der Waals surface area contributed by atoms with Crippen molar-refractivity contribution in [3.8, 4) is 17.0 Å². The SMILES string of the molecule is Cc1nc2cc(O)c(-c3cc4c(nn3)N([C@@H]3CCNC(C)(C)[C@@H]3F)CC4)cc2s1. The summed E-state index contributed by atoms with van der Waals surface area (Å²) < 4.78 is 16.1. The summed E-state index contributed by atoms with van der Waals surface area (Å²) in [6, 6.07) is 5.39. The summed E-state index contributed by atoms with van der Waals surface area (Å²) in [6.45, 7) is 7.31. The Labute approximate surface area is 172 Å². The Morgan fingerprint density at radius 3 is 2.93 bits per heavy atom. The molecular formula is C21H24FN5OS. The van der Waals surface area contributed by atoms with Gasteiger partial charge < -0.3 is 15.3 Å². The second-order valence-electron chi connectivity index (χ2n) is 8.50. The molecule has 0 bridgehead atoms.